The van der Waals surface area contributed by atoms with Crippen LogP contribution >= 0.6 is 0 Å². The highest BCUT2D eigenvalue weighted by Gasteiger charge is 2.36. The van der Waals surface area contributed by atoms with Gasteiger partial charge in [0.1, 0.15) is 5.75 Å². The molecule has 2 heterocycles. The fraction of sp³-hybridized carbons (Fsp3) is 0.259. The van der Waals surface area contributed by atoms with Crippen LogP contribution in [0.3, 0.4) is 0 Å². The molecule has 35 heavy (non-hydrogen) atoms. The summed E-state index contributed by atoms with van der Waals surface area (Å²) in [7, 11) is 0. The second-order valence-corrected chi connectivity index (χ2v) is 8.64. The van der Waals surface area contributed by atoms with E-state index in [2.05, 4.69) is 24.1 Å². The van der Waals surface area contributed by atoms with Crippen molar-refractivity contribution in [1.82, 2.24) is 4.98 Å². The maximum Gasteiger partial charge on any atom is 0.248 e. The number of nitrogens with zero attached hydrogens (tertiary/aromatic N) is 2. The maximum atomic E-state index is 12.9. The van der Waals surface area contributed by atoms with E-state index in [0.29, 0.717) is 35.3 Å². The lowest BCUT2D eigenvalue weighted by molar-refractivity contribution is -0.122. The number of anilines is 2. The van der Waals surface area contributed by atoms with Crippen LogP contribution in [0.5, 0.6) is 11.6 Å². The minimum Gasteiger partial charge on any atom is -0.439 e. The van der Waals surface area contributed by atoms with Crippen molar-refractivity contribution in [2.75, 3.05) is 16.8 Å². The van der Waals surface area contributed by atoms with E-state index in [1.807, 2.05) is 24.3 Å². The number of nitrogens with one attached hydrogen (secondary N) is 1. The Balaban J connectivity index is 1.39. The molecule has 0 radical (unpaired) electrons. The summed E-state index contributed by atoms with van der Waals surface area (Å²) in [5, 5.41) is 2.84. The maximum absolute atomic E-state index is 12.9. The molecule has 180 valence electrons. The summed E-state index contributed by atoms with van der Waals surface area (Å²) in [6.07, 6.45) is 2.61. The zero-order valence-corrected chi connectivity index (χ0v) is 19.7. The SMILES string of the molecule is CCC(C)c1ccccc1N1CC(C(=O)Nc2ccc(Oc3cccc(C(N)=O)c3)nc2)CC1=O. The zero-order valence-electron chi connectivity index (χ0n) is 19.7. The van der Waals surface area contributed by atoms with Crippen molar-refractivity contribution in [2.24, 2.45) is 11.7 Å². The number of para-hydroxylation sites is 1. The first-order valence-corrected chi connectivity index (χ1v) is 11.6. The Morgan fingerprint density at radius 2 is 1.97 bits per heavy atom. The summed E-state index contributed by atoms with van der Waals surface area (Å²) >= 11 is 0. The van der Waals surface area contributed by atoms with Gasteiger partial charge in [-0.25, -0.2) is 4.98 Å². The Labute approximate surface area is 204 Å². The zero-order chi connectivity index (χ0) is 24.9. The van der Waals surface area contributed by atoms with E-state index in [1.54, 1.807) is 35.2 Å². The van der Waals surface area contributed by atoms with E-state index < -0.39 is 11.8 Å². The molecule has 4 rings (SSSR count). The molecule has 8 heteroatoms. The molecule has 2 aromatic carbocycles. The smallest absolute Gasteiger partial charge is 0.248 e. The Morgan fingerprint density at radius 1 is 1.17 bits per heavy atom. The molecule has 2 atom stereocenters. The molecule has 8 nitrogen and oxygen atoms in total. The Hall–Kier alpha value is -4.20. The third-order valence-corrected chi connectivity index (χ3v) is 6.21. The lowest BCUT2D eigenvalue weighted by Crippen LogP contribution is -2.29. The number of carbonyl (C=O) groups excluding carboxylic acids is 3. The van der Waals surface area contributed by atoms with Crippen LogP contribution in [0.15, 0.2) is 66.9 Å². The summed E-state index contributed by atoms with van der Waals surface area (Å²) < 4.78 is 5.66. The van der Waals surface area contributed by atoms with Gasteiger partial charge in [0.2, 0.25) is 23.6 Å². The minimum atomic E-state index is -0.547. The van der Waals surface area contributed by atoms with Gasteiger partial charge in [0.15, 0.2) is 0 Å². The first-order valence-electron chi connectivity index (χ1n) is 11.6. The molecule has 0 saturated carbocycles. The van der Waals surface area contributed by atoms with Gasteiger partial charge in [0.25, 0.3) is 0 Å². The topological polar surface area (TPSA) is 115 Å². The van der Waals surface area contributed by atoms with Crippen molar-refractivity contribution in [3.8, 4) is 11.6 Å². The molecule has 3 amide bonds. The number of hydrogen-bond donors (Lipinski definition) is 2. The summed E-state index contributed by atoms with van der Waals surface area (Å²) in [4.78, 5) is 42.9. The third-order valence-electron chi connectivity index (χ3n) is 6.21. The van der Waals surface area contributed by atoms with Crippen molar-refractivity contribution in [3.05, 3.63) is 78.0 Å². The van der Waals surface area contributed by atoms with Crippen LogP contribution < -0.4 is 20.7 Å². The average Bonchev–Trinajstić information content (AvgIpc) is 3.26. The van der Waals surface area contributed by atoms with Crippen LogP contribution in [0.1, 0.15) is 48.5 Å². The number of nitrogens with two attached hydrogens (primary N) is 1. The largest absolute Gasteiger partial charge is 0.439 e. The number of benzene rings is 2. The standard InChI is InChI=1S/C27H28N4O4/c1-3-17(2)22-9-4-5-10-23(22)31-16-19(14-25(31)32)27(34)30-20-11-12-24(29-15-20)35-21-8-6-7-18(13-21)26(28)33/h4-13,15,17,19H,3,14,16H2,1-2H3,(H2,28,33)(H,30,34). The Kier molecular flexibility index (Phi) is 7.10. The Bertz CT molecular complexity index is 1240. The fourth-order valence-corrected chi connectivity index (χ4v) is 4.08. The number of ether oxygens (including phenoxy) is 1. The molecule has 1 aliphatic heterocycles. The number of carbonyl (C=O) groups is 3. The molecule has 2 unspecified atom stereocenters. The molecule has 3 N–H and O–H groups in total. The van der Waals surface area contributed by atoms with Gasteiger partial charge in [-0.3, -0.25) is 14.4 Å². The molecule has 0 bridgehead atoms. The van der Waals surface area contributed by atoms with Crippen molar-refractivity contribution in [2.45, 2.75) is 32.6 Å². The van der Waals surface area contributed by atoms with E-state index >= 15 is 0 Å². The van der Waals surface area contributed by atoms with Crippen LogP contribution in [0.25, 0.3) is 0 Å². The van der Waals surface area contributed by atoms with Gasteiger partial charge in [-0.2, -0.15) is 0 Å². The number of pyridine rings is 1. The summed E-state index contributed by atoms with van der Waals surface area (Å²) in [6, 6.07) is 17.6. The van der Waals surface area contributed by atoms with Gasteiger partial charge in [-0.1, -0.05) is 38.1 Å². The van der Waals surface area contributed by atoms with Crippen LogP contribution in [-0.4, -0.2) is 29.3 Å². The van der Waals surface area contributed by atoms with E-state index in [9.17, 15) is 14.4 Å². The van der Waals surface area contributed by atoms with E-state index in [1.165, 1.54) is 12.3 Å². The van der Waals surface area contributed by atoms with Gasteiger partial charge >= 0.3 is 0 Å². The first kappa shape index (κ1) is 23.9. The van der Waals surface area contributed by atoms with Crippen molar-refractivity contribution in [1.29, 1.82) is 0 Å². The lowest BCUT2D eigenvalue weighted by Gasteiger charge is -2.23. The summed E-state index contributed by atoms with van der Waals surface area (Å²) in [5.74, 6) is -0.250. The predicted molar refractivity (Wildman–Crippen MR) is 134 cm³/mol. The monoisotopic (exact) mass is 472 g/mol. The lowest BCUT2D eigenvalue weighted by atomic mass is 9.96. The average molecular weight is 473 g/mol. The number of aromatic nitrogens is 1. The summed E-state index contributed by atoms with van der Waals surface area (Å²) in [6.45, 7) is 4.59. The van der Waals surface area contributed by atoms with E-state index in [4.69, 9.17) is 10.5 Å². The second-order valence-electron chi connectivity index (χ2n) is 8.64. The molecular weight excluding hydrogens is 444 g/mol. The molecular formula is C27H28N4O4. The molecule has 3 aromatic rings. The highest BCUT2D eigenvalue weighted by atomic mass is 16.5. The normalized spacial score (nSPS) is 16.1. The number of hydrogen-bond acceptors (Lipinski definition) is 5. The van der Waals surface area contributed by atoms with Crippen molar-refractivity contribution >= 4 is 29.1 Å². The predicted octanol–water partition coefficient (Wildman–Crippen LogP) is 4.48. The van der Waals surface area contributed by atoms with Crippen molar-refractivity contribution < 1.29 is 19.1 Å². The molecule has 0 spiro atoms. The van der Waals surface area contributed by atoms with Crippen LogP contribution in [0.2, 0.25) is 0 Å². The van der Waals surface area contributed by atoms with E-state index in [-0.39, 0.29) is 18.2 Å². The van der Waals surface area contributed by atoms with Gasteiger partial charge in [0, 0.05) is 30.3 Å². The third kappa shape index (κ3) is 5.48. The fourth-order valence-electron chi connectivity index (χ4n) is 4.08. The van der Waals surface area contributed by atoms with Gasteiger partial charge in [-0.05, 0) is 48.2 Å². The van der Waals surface area contributed by atoms with Crippen molar-refractivity contribution in [3.63, 3.8) is 0 Å². The van der Waals surface area contributed by atoms with Crippen LogP contribution in [-0.2, 0) is 9.59 Å². The van der Waals surface area contributed by atoms with E-state index in [0.717, 1.165) is 17.7 Å². The van der Waals surface area contributed by atoms with Gasteiger partial charge in [0.05, 0.1) is 17.8 Å². The number of primary amides is 1. The first-order chi connectivity index (χ1) is 16.9. The van der Waals surface area contributed by atoms with Crippen LogP contribution in [0, 0.1) is 5.92 Å². The molecule has 1 saturated heterocycles. The number of amides is 3. The Morgan fingerprint density at radius 3 is 2.69 bits per heavy atom. The molecule has 1 aliphatic rings. The highest BCUT2D eigenvalue weighted by Crippen LogP contribution is 2.33. The van der Waals surface area contributed by atoms with Gasteiger partial charge in [-0.15, -0.1) is 0 Å². The minimum absolute atomic E-state index is 0.0547. The second kappa shape index (κ2) is 10.4. The molecule has 1 aromatic heterocycles. The van der Waals surface area contributed by atoms with Crippen LogP contribution in [0.4, 0.5) is 11.4 Å². The number of rotatable bonds is 8. The molecule has 0 aliphatic carbocycles. The van der Waals surface area contributed by atoms with Gasteiger partial charge < -0.3 is 20.7 Å². The summed E-state index contributed by atoms with van der Waals surface area (Å²) in [5.41, 5.74) is 8.12. The molecule has 1 fully saturated rings. The highest BCUT2D eigenvalue weighted by molar-refractivity contribution is 6.03. The quantitative estimate of drug-likeness (QED) is 0.502.